The predicted molar refractivity (Wildman–Crippen MR) is 80.6 cm³/mol. The van der Waals surface area contributed by atoms with Gasteiger partial charge in [0.25, 0.3) is 5.91 Å². The molecule has 0 bridgehead atoms. The van der Waals surface area contributed by atoms with Crippen molar-refractivity contribution in [1.82, 2.24) is 5.32 Å². The van der Waals surface area contributed by atoms with E-state index in [1.54, 1.807) is 12.1 Å². The van der Waals surface area contributed by atoms with Crippen molar-refractivity contribution in [3.8, 4) is 5.75 Å². The van der Waals surface area contributed by atoms with Gasteiger partial charge in [0, 0.05) is 6.04 Å². The van der Waals surface area contributed by atoms with Gasteiger partial charge < -0.3 is 15.2 Å². The molecule has 0 saturated heterocycles. The molecule has 0 fully saturated rings. The van der Waals surface area contributed by atoms with Crippen LogP contribution in [0.4, 0.5) is 0 Å². The minimum atomic E-state index is -0.986. The van der Waals surface area contributed by atoms with Gasteiger partial charge in [0.2, 0.25) is 0 Å². The van der Waals surface area contributed by atoms with Crippen LogP contribution in [0, 0.1) is 0 Å². The summed E-state index contributed by atoms with van der Waals surface area (Å²) in [7, 11) is 0. The molecule has 0 aliphatic rings. The van der Waals surface area contributed by atoms with Crippen LogP contribution in [0.5, 0.6) is 5.75 Å². The molecular formula is C16H23NO4. The molecule has 0 radical (unpaired) electrons. The van der Waals surface area contributed by atoms with Gasteiger partial charge in [0.15, 0.2) is 6.61 Å². The third-order valence-corrected chi connectivity index (χ3v) is 3.12. The molecule has 1 aromatic rings. The lowest BCUT2D eigenvalue weighted by molar-refractivity contribution is -0.123. The zero-order valence-electron chi connectivity index (χ0n) is 12.6. The highest BCUT2D eigenvalue weighted by molar-refractivity contribution is 5.87. The second-order valence-electron chi connectivity index (χ2n) is 5.08. The topological polar surface area (TPSA) is 75.6 Å². The molecule has 2 N–H and O–H groups in total. The molecule has 21 heavy (non-hydrogen) atoms. The van der Waals surface area contributed by atoms with Gasteiger partial charge in [0.1, 0.15) is 5.75 Å². The Balaban J connectivity index is 2.30. The van der Waals surface area contributed by atoms with Crippen molar-refractivity contribution in [2.75, 3.05) is 6.61 Å². The zero-order valence-corrected chi connectivity index (χ0v) is 12.6. The molecule has 0 aliphatic carbocycles. The van der Waals surface area contributed by atoms with Gasteiger partial charge >= 0.3 is 5.97 Å². The van der Waals surface area contributed by atoms with E-state index in [-0.39, 0.29) is 24.1 Å². The first-order valence-electron chi connectivity index (χ1n) is 7.28. The van der Waals surface area contributed by atoms with E-state index in [0.29, 0.717) is 5.75 Å². The summed E-state index contributed by atoms with van der Waals surface area (Å²) in [6.45, 7) is 4.06. The number of carbonyl (C=O) groups excluding carboxylic acids is 1. The van der Waals surface area contributed by atoms with Crippen LogP contribution < -0.4 is 10.1 Å². The molecule has 1 atom stereocenters. The first-order chi connectivity index (χ1) is 10.0. The molecule has 5 nitrogen and oxygen atoms in total. The van der Waals surface area contributed by atoms with E-state index in [2.05, 4.69) is 12.2 Å². The second-order valence-corrected chi connectivity index (χ2v) is 5.08. The fraction of sp³-hybridized carbons (Fsp3) is 0.500. The number of unbranched alkanes of at least 4 members (excludes halogenated alkanes) is 2. The van der Waals surface area contributed by atoms with Crippen LogP contribution in [0.1, 0.15) is 49.9 Å². The summed E-state index contributed by atoms with van der Waals surface area (Å²) in [5, 5.41) is 11.7. The molecule has 0 saturated carbocycles. The van der Waals surface area contributed by atoms with E-state index in [0.717, 1.165) is 19.3 Å². The Morgan fingerprint density at radius 1 is 1.24 bits per heavy atom. The number of benzene rings is 1. The van der Waals surface area contributed by atoms with Crippen LogP contribution in [-0.4, -0.2) is 29.6 Å². The summed E-state index contributed by atoms with van der Waals surface area (Å²) in [6.07, 6.45) is 4.41. The summed E-state index contributed by atoms with van der Waals surface area (Å²) in [5.41, 5.74) is 0.191. The average molecular weight is 293 g/mol. The Morgan fingerprint density at radius 2 is 1.90 bits per heavy atom. The Bertz CT molecular complexity index is 456. The van der Waals surface area contributed by atoms with E-state index in [1.807, 2.05) is 6.92 Å². The van der Waals surface area contributed by atoms with Crippen molar-refractivity contribution in [3.05, 3.63) is 29.8 Å². The van der Waals surface area contributed by atoms with Gasteiger partial charge in [-0.25, -0.2) is 4.79 Å². The predicted octanol–water partition coefficient (Wildman–Crippen LogP) is 2.85. The number of carboxylic acids is 1. The number of hydrogen-bond donors (Lipinski definition) is 2. The Morgan fingerprint density at radius 3 is 2.48 bits per heavy atom. The summed E-state index contributed by atoms with van der Waals surface area (Å²) < 4.78 is 5.32. The number of rotatable bonds is 9. The van der Waals surface area contributed by atoms with Gasteiger partial charge in [-0.2, -0.15) is 0 Å². The fourth-order valence-electron chi connectivity index (χ4n) is 1.93. The third-order valence-electron chi connectivity index (χ3n) is 3.12. The van der Waals surface area contributed by atoms with E-state index >= 15 is 0 Å². The summed E-state index contributed by atoms with van der Waals surface area (Å²) in [5.74, 6) is -0.671. The summed E-state index contributed by atoms with van der Waals surface area (Å²) >= 11 is 0. The maximum atomic E-state index is 11.7. The quantitative estimate of drug-likeness (QED) is 0.686. The number of aromatic carboxylic acids is 1. The normalized spacial score (nSPS) is 11.7. The molecule has 0 heterocycles. The van der Waals surface area contributed by atoms with Gasteiger partial charge in [-0.15, -0.1) is 0 Å². The van der Waals surface area contributed by atoms with Gasteiger partial charge in [0.05, 0.1) is 5.56 Å². The minimum Gasteiger partial charge on any atom is -0.484 e. The van der Waals surface area contributed by atoms with Crippen molar-refractivity contribution in [2.45, 2.75) is 45.6 Å². The number of amides is 1. The fourth-order valence-corrected chi connectivity index (χ4v) is 1.93. The lowest BCUT2D eigenvalue weighted by atomic mass is 10.1. The molecule has 0 spiro atoms. The minimum absolute atomic E-state index is 0.0649. The lowest BCUT2D eigenvalue weighted by Gasteiger charge is -2.14. The first-order valence-corrected chi connectivity index (χ1v) is 7.28. The molecular weight excluding hydrogens is 270 g/mol. The van der Waals surface area contributed by atoms with Crippen molar-refractivity contribution >= 4 is 11.9 Å². The highest BCUT2D eigenvalue weighted by Gasteiger charge is 2.08. The molecule has 1 unspecified atom stereocenters. The van der Waals surface area contributed by atoms with E-state index < -0.39 is 5.97 Å². The van der Waals surface area contributed by atoms with Gasteiger partial charge in [-0.1, -0.05) is 26.2 Å². The number of nitrogens with one attached hydrogen (secondary N) is 1. The molecule has 1 rings (SSSR count). The van der Waals surface area contributed by atoms with Crippen LogP contribution >= 0.6 is 0 Å². The number of carboxylic acid groups (broad SMARTS) is 1. The molecule has 1 amide bonds. The number of ether oxygens (including phenoxy) is 1. The Labute approximate surface area is 125 Å². The van der Waals surface area contributed by atoms with Crippen LogP contribution in [0.2, 0.25) is 0 Å². The maximum Gasteiger partial charge on any atom is 0.335 e. The van der Waals surface area contributed by atoms with Gasteiger partial charge in [-0.05, 0) is 37.6 Å². The molecule has 0 aromatic heterocycles. The monoisotopic (exact) mass is 293 g/mol. The second kappa shape index (κ2) is 9.00. The SMILES string of the molecule is CCCCCC(C)NC(=O)COc1ccc(C(=O)O)cc1. The maximum absolute atomic E-state index is 11.7. The van der Waals surface area contributed by atoms with Crippen LogP contribution in [0.15, 0.2) is 24.3 Å². The highest BCUT2D eigenvalue weighted by Crippen LogP contribution is 2.12. The number of hydrogen-bond acceptors (Lipinski definition) is 3. The molecule has 1 aromatic carbocycles. The highest BCUT2D eigenvalue weighted by atomic mass is 16.5. The smallest absolute Gasteiger partial charge is 0.335 e. The average Bonchev–Trinajstić information content (AvgIpc) is 2.46. The molecule has 116 valence electrons. The summed E-state index contributed by atoms with van der Waals surface area (Å²) in [6, 6.07) is 6.12. The lowest BCUT2D eigenvalue weighted by Crippen LogP contribution is -2.36. The van der Waals surface area contributed by atoms with Crippen molar-refractivity contribution in [1.29, 1.82) is 0 Å². The molecule has 0 aliphatic heterocycles. The Kier molecular flexibility index (Phi) is 7.29. The first kappa shape index (κ1) is 17.0. The van der Waals surface area contributed by atoms with Gasteiger partial charge in [-0.3, -0.25) is 4.79 Å². The van der Waals surface area contributed by atoms with Crippen LogP contribution in [0.3, 0.4) is 0 Å². The van der Waals surface area contributed by atoms with Crippen LogP contribution in [-0.2, 0) is 4.79 Å². The van der Waals surface area contributed by atoms with Crippen molar-refractivity contribution < 1.29 is 19.4 Å². The standard InChI is InChI=1S/C16H23NO4/c1-3-4-5-6-12(2)17-15(18)11-21-14-9-7-13(8-10-14)16(19)20/h7-10,12H,3-6,11H2,1-2H3,(H,17,18)(H,19,20). The number of carbonyl (C=O) groups is 2. The van der Waals surface area contributed by atoms with Crippen molar-refractivity contribution in [3.63, 3.8) is 0 Å². The third kappa shape index (κ3) is 6.79. The van der Waals surface area contributed by atoms with Crippen molar-refractivity contribution in [2.24, 2.45) is 0 Å². The van der Waals surface area contributed by atoms with Crippen LogP contribution in [0.25, 0.3) is 0 Å². The van der Waals surface area contributed by atoms with E-state index in [1.165, 1.54) is 18.6 Å². The van der Waals surface area contributed by atoms with E-state index in [4.69, 9.17) is 9.84 Å². The molecule has 5 heteroatoms. The van der Waals surface area contributed by atoms with E-state index in [9.17, 15) is 9.59 Å². The Hall–Kier alpha value is -2.04. The largest absolute Gasteiger partial charge is 0.484 e. The summed E-state index contributed by atoms with van der Waals surface area (Å²) in [4.78, 5) is 22.4. The zero-order chi connectivity index (χ0) is 15.7.